The molecule has 0 aliphatic heterocycles. The molecule has 0 amide bonds. The molecule has 0 aromatic heterocycles. The Hall–Kier alpha value is -0.180. The number of alkyl halides is 2. The maximum Gasteiger partial charge on any atom is 0.356 e. The van der Waals surface area contributed by atoms with Crippen LogP contribution in [0.2, 0.25) is 0 Å². The van der Waals surface area contributed by atoms with Gasteiger partial charge in [0.05, 0.1) is 5.92 Å². The van der Waals surface area contributed by atoms with Gasteiger partial charge in [-0.3, -0.25) is 0 Å². The predicted octanol–water partition coefficient (Wildman–Crippen LogP) is 2.15. The molecular weight excluding hydrogens is 138 g/mol. The summed E-state index contributed by atoms with van der Waals surface area (Å²) in [5.41, 5.74) is 0. The van der Waals surface area contributed by atoms with Crippen LogP contribution in [0.3, 0.4) is 0 Å². The zero-order chi connectivity index (χ0) is 7.61. The summed E-state index contributed by atoms with van der Waals surface area (Å²) < 4.78 is 24.3. The first-order chi connectivity index (χ1) is 4.61. The average molecular weight is 150 g/mol. The average Bonchev–Trinajstić information content (AvgIpc) is 1.88. The second-order valence-corrected chi connectivity index (χ2v) is 2.92. The Bertz CT molecular complexity index is 103. The molecule has 1 saturated carbocycles. The topological polar surface area (TPSA) is 20.2 Å². The zero-order valence-corrected chi connectivity index (χ0v) is 5.82. The molecule has 0 unspecified atom stereocenters. The Morgan fingerprint density at radius 2 is 1.60 bits per heavy atom. The van der Waals surface area contributed by atoms with E-state index in [2.05, 4.69) is 0 Å². The molecule has 1 N–H and O–H groups in total. The molecule has 10 heavy (non-hydrogen) atoms. The molecule has 0 spiro atoms. The summed E-state index contributed by atoms with van der Waals surface area (Å²) in [6.07, 6.45) is 0.224. The zero-order valence-electron chi connectivity index (χ0n) is 5.82. The van der Waals surface area contributed by atoms with E-state index in [9.17, 15) is 8.78 Å². The number of rotatable bonds is 1. The first kappa shape index (κ1) is 7.92. The minimum atomic E-state index is -3.43. The Kier molecular flexibility index (Phi) is 2.24. The molecule has 1 aliphatic carbocycles. The van der Waals surface area contributed by atoms with Gasteiger partial charge in [-0.1, -0.05) is 19.3 Å². The van der Waals surface area contributed by atoms with Gasteiger partial charge in [0, 0.05) is 0 Å². The number of hydrogen-bond acceptors (Lipinski definition) is 1. The molecule has 1 aliphatic rings. The Morgan fingerprint density at radius 3 is 1.90 bits per heavy atom. The van der Waals surface area contributed by atoms with E-state index in [4.69, 9.17) is 5.11 Å². The van der Waals surface area contributed by atoms with Crippen LogP contribution in [-0.4, -0.2) is 11.2 Å². The van der Waals surface area contributed by atoms with Crippen LogP contribution < -0.4 is 0 Å². The molecule has 0 aromatic rings. The van der Waals surface area contributed by atoms with Crippen LogP contribution in [0.5, 0.6) is 0 Å². The van der Waals surface area contributed by atoms with E-state index in [1.165, 1.54) is 0 Å². The van der Waals surface area contributed by atoms with Gasteiger partial charge in [0.1, 0.15) is 0 Å². The van der Waals surface area contributed by atoms with Gasteiger partial charge in [-0.25, -0.2) is 0 Å². The largest absolute Gasteiger partial charge is 0.356 e. The lowest BCUT2D eigenvalue weighted by atomic mass is 9.88. The van der Waals surface area contributed by atoms with Gasteiger partial charge in [0.25, 0.3) is 0 Å². The van der Waals surface area contributed by atoms with Crippen molar-refractivity contribution in [3.63, 3.8) is 0 Å². The van der Waals surface area contributed by atoms with Gasteiger partial charge in [-0.15, -0.1) is 0 Å². The van der Waals surface area contributed by atoms with Crippen LogP contribution >= 0.6 is 0 Å². The molecule has 0 saturated heterocycles. The van der Waals surface area contributed by atoms with Crippen molar-refractivity contribution in [2.45, 2.75) is 38.2 Å². The third-order valence-corrected chi connectivity index (χ3v) is 2.10. The molecule has 1 rings (SSSR count). The molecule has 0 heterocycles. The summed E-state index contributed by atoms with van der Waals surface area (Å²) in [6, 6.07) is 0. The second kappa shape index (κ2) is 2.82. The highest BCUT2D eigenvalue weighted by Gasteiger charge is 2.37. The molecule has 3 heteroatoms. The molecular formula is C7H12F2O. The summed E-state index contributed by atoms with van der Waals surface area (Å²) in [5.74, 6) is -0.777. The van der Waals surface area contributed by atoms with E-state index >= 15 is 0 Å². The Labute approximate surface area is 59.0 Å². The smallest absolute Gasteiger partial charge is 0.336 e. The fourth-order valence-corrected chi connectivity index (χ4v) is 1.45. The van der Waals surface area contributed by atoms with Crippen LogP contribution in [0.25, 0.3) is 0 Å². The lowest BCUT2D eigenvalue weighted by Crippen LogP contribution is -2.29. The van der Waals surface area contributed by atoms with Crippen LogP contribution in [0.4, 0.5) is 8.78 Å². The van der Waals surface area contributed by atoms with Gasteiger partial charge in [0.15, 0.2) is 0 Å². The molecule has 60 valence electrons. The van der Waals surface area contributed by atoms with Crippen LogP contribution in [0.1, 0.15) is 32.1 Å². The highest BCUT2D eigenvalue weighted by Crippen LogP contribution is 2.34. The van der Waals surface area contributed by atoms with Crippen molar-refractivity contribution in [2.24, 2.45) is 5.92 Å². The van der Waals surface area contributed by atoms with Gasteiger partial charge < -0.3 is 5.11 Å². The highest BCUT2D eigenvalue weighted by molar-refractivity contribution is 4.71. The first-order valence-corrected chi connectivity index (χ1v) is 3.71. The lowest BCUT2D eigenvalue weighted by molar-refractivity contribution is -0.242. The molecule has 0 bridgehead atoms. The number of halogens is 2. The fraction of sp³-hybridized carbons (Fsp3) is 1.00. The molecule has 0 radical (unpaired) electrons. The molecule has 0 atom stereocenters. The summed E-state index contributed by atoms with van der Waals surface area (Å²) in [5, 5.41) is 8.31. The van der Waals surface area contributed by atoms with Crippen molar-refractivity contribution in [1.82, 2.24) is 0 Å². The molecule has 1 fully saturated rings. The third kappa shape index (κ3) is 1.90. The van der Waals surface area contributed by atoms with Gasteiger partial charge >= 0.3 is 6.11 Å². The van der Waals surface area contributed by atoms with Crippen LogP contribution in [-0.2, 0) is 0 Å². The SMILES string of the molecule is OC(F)(F)C1CCCCC1. The molecule has 1 nitrogen and oxygen atoms in total. The maximum absolute atomic E-state index is 12.2. The third-order valence-electron chi connectivity index (χ3n) is 2.10. The van der Waals surface area contributed by atoms with Crippen LogP contribution in [0, 0.1) is 5.92 Å². The van der Waals surface area contributed by atoms with Crippen molar-refractivity contribution < 1.29 is 13.9 Å². The van der Waals surface area contributed by atoms with Gasteiger partial charge in [-0.05, 0) is 12.8 Å². The van der Waals surface area contributed by atoms with E-state index < -0.39 is 12.0 Å². The normalized spacial score (nSPS) is 23.1. The Balaban J connectivity index is 2.39. The minimum Gasteiger partial charge on any atom is -0.336 e. The monoisotopic (exact) mass is 150 g/mol. The summed E-state index contributed by atoms with van der Waals surface area (Å²) >= 11 is 0. The van der Waals surface area contributed by atoms with Crippen molar-refractivity contribution in [3.05, 3.63) is 0 Å². The standard InChI is InChI=1S/C7H12F2O/c8-7(9,10)6-4-2-1-3-5-6/h6,10H,1-5H2. The Morgan fingerprint density at radius 1 is 1.10 bits per heavy atom. The predicted molar refractivity (Wildman–Crippen MR) is 33.7 cm³/mol. The minimum absolute atomic E-state index is 0.476. The fourth-order valence-electron chi connectivity index (χ4n) is 1.45. The van der Waals surface area contributed by atoms with E-state index in [-0.39, 0.29) is 0 Å². The van der Waals surface area contributed by atoms with Crippen molar-refractivity contribution in [3.8, 4) is 0 Å². The van der Waals surface area contributed by atoms with Gasteiger partial charge in [0.2, 0.25) is 0 Å². The summed E-state index contributed by atoms with van der Waals surface area (Å²) in [4.78, 5) is 0. The van der Waals surface area contributed by atoms with E-state index in [0.29, 0.717) is 12.8 Å². The van der Waals surface area contributed by atoms with E-state index in [1.807, 2.05) is 0 Å². The maximum atomic E-state index is 12.2. The highest BCUT2D eigenvalue weighted by atomic mass is 19.3. The van der Waals surface area contributed by atoms with Crippen molar-refractivity contribution >= 4 is 0 Å². The van der Waals surface area contributed by atoms with Crippen LogP contribution in [0.15, 0.2) is 0 Å². The quantitative estimate of drug-likeness (QED) is 0.607. The number of hydrogen-bond donors (Lipinski definition) is 1. The first-order valence-electron chi connectivity index (χ1n) is 3.71. The van der Waals surface area contributed by atoms with Crippen molar-refractivity contribution in [1.29, 1.82) is 0 Å². The van der Waals surface area contributed by atoms with Gasteiger partial charge in [-0.2, -0.15) is 8.78 Å². The number of aliphatic hydroxyl groups is 1. The second-order valence-electron chi connectivity index (χ2n) is 2.92. The van der Waals surface area contributed by atoms with E-state index in [1.54, 1.807) is 0 Å². The molecule has 0 aromatic carbocycles. The van der Waals surface area contributed by atoms with E-state index in [0.717, 1.165) is 19.3 Å². The van der Waals surface area contributed by atoms with Crippen molar-refractivity contribution in [2.75, 3.05) is 0 Å². The lowest BCUT2D eigenvalue weighted by Gasteiger charge is -2.25. The summed E-state index contributed by atoms with van der Waals surface area (Å²) in [6.45, 7) is 0. The summed E-state index contributed by atoms with van der Waals surface area (Å²) in [7, 11) is 0.